The first-order valence-corrected chi connectivity index (χ1v) is 12.7. The third-order valence-electron chi connectivity index (χ3n) is 4.87. The first-order valence-electron chi connectivity index (χ1n) is 10.2. The lowest BCUT2D eigenvalue weighted by molar-refractivity contribution is -0.122. The summed E-state index contributed by atoms with van der Waals surface area (Å²) in [4.78, 5) is 25.6. The quantitative estimate of drug-likeness (QED) is 0.391. The van der Waals surface area contributed by atoms with Gasteiger partial charge in [-0.2, -0.15) is 5.10 Å². The number of sulfone groups is 1. The Morgan fingerprint density at radius 3 is 2.65 bits per heavy atom. The molecule has 0 bridgehead atoms. The third kappa shape index (κ3) is 5.49. The average molecular weight is 501 g/mol. The van der Waals surface area contributed by atoms with Crippen LogP contribution in [0.3, 0.4) is 0 Å². The molecular weight excluding hydrogens is 480 g/mol. The maximum absolute atomic E-state index is 13.0. The third-order valence-corrected chi connectivity index (χ3v) is 6.17. The van der Waals surface area contributed by atoms with Crippen LogP contribution in [-0.4, -0.2) is 57.2 Å². The van der Waals surface area contributed by atoms with Crippen LogP contribution in [0.15, 0.2) is 55.1 Å². The maximum Gasteiger partial charge on any atom is 0.266 e. The molecule has 10 nitrogen and oxygen atoms in total. The van der Waals surface area contributed by atoms with Crippen LogP contribution in [0.5, 0.6) is 5.88 Å². The van der Waals surface area contributed by atoms with Gasteiger partial charge in [0.25, 0.3) is 5.91 Å². The van der Waals surface area contributed by atoms with Gasteiger partial charge in [0.05, 0.1) is 22.7 Å². The van der Waals surface area contributed by atoms with Gasteiger partial charge in [0, 0.05) is 18.9 Å². The minimum atomic E-state index is -3.34. The van der Waals surface area contributed by atoms with Gasteiger partial charge < -0.3 is 10.1 Å². The van der Waals surface area contributed by atoms with Crippen molar-refractivity contribution in [2.24, 2.45) is 0 Å². The van der Waals surface area contributed by atoms with E-state index >= 15 is 0 Å². The van der Waals surface area contributed by atoms with Crippen LogP contribution in [0.4, 0.5) is 5.82 Å². The Bertz CT molecular complexity index is 1440. The van der Waals surface area contributed by atoms with Crippen LogP contribution in [0.2, 0.25) is 5.02 Å². The first-order chi connectivity index (χ1) is 16.2. The van der Waals surface area contributed by atoms with E-state index in [2.05, 4.69) is 25.4 Å². The van der Waals surface area contributed by atoms with Gasteiger partial charge >= 0.3 is 0 Å². The van der Waals surface area contributed by atoms with E-state index in [0.717, 1.165) is 11.8 Å². The summed E-state index contributed by atoms with van der Waals surface area (Å²) in [5, 5.41) is 7.92. The molecule has 0 fully saturated rings. The Morgan fingerprint density at radius 1 is 1.15 bits per heavy atom. The summed E-state index contributed by atoms with van der Waals surface area (Å²) in [6, 6.07) is 10.6. The Balaban J connectivity index is 1.65. The van der Waals surface area contributed by atoms with Gasteiger partial charge in [-0.05, 0) is 30.7 Å². The number of nitrogens with one attached hydrogen (secondary N) is 1. The molecule has 1 aromatic carbocycles. The minimum absolute atomic E-state index is 0.0827. The van der Waals surface area contributed by atoms with Crippen LogP contribution in [0.1, 0.15) is 12.0 Å². The highest BCUT2D eigenvalue weighted by Gasteiger charge is 2.25. The molecule has 3 aromatic heterocycles. The fourth-order valence-corrected chi connectivity index (χ4v) is 4.02. The molecule has 0 saturated carbocycles. The molecule has 3 heterocycles. The lowest BCUT2D eigenvalue weighted by atomic mass is 10.2. The van der Waals surface area contributed by atoms with Crippen LogP contribution in [0.25, 0.3) is 16.7 Å². The molecule has 0 aliphatic heterocycles. The molecule has 1 atom stereocenters. The number of carbonyl (C=O) groups is 1. The lowest BCUT2D eigenvalue weighted by Crippen LogP contribution is -2.35. The molecule has 0 aliphatic carbocycles. The number of anilines is 1. The predicted octanol–water partition coefficient (Wildman–Crippen LogP) is 2.99. The molecule has 1 amide bonds. The van der Waals surface area contributed by atoms with E-state index in [1.807, 2.05) is 13.0 Å². The van der Waals surface area contributed by atoms with E-state index in [1.54, 1.807) is 36.5 Å². The minimum Gasteiger partial charge on any atom is -0.464 e. The average Bonchev–Trinajstić information content (AvgIpc) is 3.22. The van der Waals surface area contributed by atoms with Crippen LogP contribution < -0.4 is 10.1 Å². The highest BCUT2D eigenvalue weighted by Crippen LogP contribution is 2.27. The molecule has 1 N–H and O–H groups in total. The molecule has 4 aromatic rings. The topological polar surface area (TPSA) is 129 Å². The molecule has 176 valence electrons. The molecule has 34 heavy (non-hydrogen) atoms. The zero-order chi connectivity index (χ0) is 24.3. The highest BCUT2D eigenvalue weighted by atomic mass is 35.5. The Kier molecular flexibility index (Phi) is 6.75. The van der Waals surface area contributed by atoms with Crippen molar-refractivity contribution in [1.29, 1.82) is 0 Å². The highest BCUT2D eigenvalue weighted by molar-refractivity contribution is 7.90. The Morgan fingerprint density at radius 2 is 1.94 bits per heavy atom. The van der Waals surface area contributed by atoms with Crippen molar-refractivity contribution in [3.05, 3.63) is 65.7 Å². The maximum atomic E-state index is 13.0. The van der Waals surface area contributed by atoms with Crippen LogP contribution in [0, 0.1) is 6.92 Å². The van der Waals surface area contributed by atoms with Crippen molar-refractivity contribution < 1.29 is 17.9 Å². The number of fused-ring (bicyclic) bond motifs is 1. The molecule has 12 heteroatoms. The summed E-state index contributed by atoms with van der Waals surface area (Å²) in [5.41, 5.74) is 1.96. The molecule has 0 radical (unpaired) electrons. The molecule has 0 saturated heterocycles. The van der Waals surface area contributed by atoms with Crippen molar-refractivity contribution in [3.63, 3.8) is 0 Å². The number of hydrogen-bond donors (Lipinski definition) is 1. The summed E-state index contributed by atoms with van der Waals surface area (Å²) in [6.45, 7) is 1.87. The van der Waals surface area contributed by atoms with Gasteiger partial charge in [0.2, 0.25) is 5.88 Å². The Labute approximate surface area is 200 Å². The van der Waals surface area contributed by atoms with Gasteiger partial charge in [-0.3, -0.25) is 4.79 Å². The summed E-state index contributed by atoms with van der Waals surface area (Å²) in [5.74, 6) is -0.387. The second-order valence-electron chi connectivity index (χ2n) is 7.66. The van der Waals surface area contributed by atoms with Gasteiger partial charge in [0.15, 0.2) is 11.8 Å². The normalized spacial score (nSPS) is 12.4. The molecule has 1 unspecified atom stereocenters. The van der Waals surface area contributed by atoms with Gasteiger partial charge in [-0.25, -0.2) is 28.1 Å². The van der Waals surface area contributed by atoms with E-state index in [-0.39, 0.29) is 18.1 Å². The summed E-state index contributed by atoms with van der Waals surface area (Å²) in [7, 11) is -3.34. The van der Waals surface area contributed by atoms with Crippen LogP contribution >= 0.6 is 11.6 Å². The number of aryl methyl sites for hydroxylation is 1. The van der Waals surface area contributed by atoms with E-state index < -0.39 is 21.8 Å². The molecule has 0 spiro atoms. The molecule has 0 aliphatic rings. The van der Waals surface area contributed by atoms with Crippen LogP contribution in [-0.2, 0) is 14.6 Å². The summed E-state index contributed by atoms with van der Waals surface area (Å²) in [6.07, 6.45) is 4.25. The number of para-hydroxylation sites is 1. The number of carbonyl (C=O) groups excluding carboxylic acids is 1. The van der Waals surface area contributed by atoms with E-state index in [1.165, 1.54) is 17.2 Å². The van der Waals surface area contributed by atoms with Crippen molar-refractivity contribution in [1.82, 2.24) is 24.7 Å². The number of nitrogens with zero attached hydrogens (tertiary/aromatic N) is 5. The predicted molar refractivity (Wildman–Crippen MR) is 128 cm³/mol. The monoisotopic (exact) mass is 500 g/mol. The first kappa shape index (κ1) is 23.6. The van der Waals surface area contributed by atoms with Crippen molar-refractivity contribution >= 4 is 44.2 Å². The molecule has 4 rings (SSSR count). The zero-order valence-corrected chi connectivity index (χ0v) is 19.9. The number of hydrogen-bond acceptors (Lipinski definition) is 8. The van der Waals surface area contributed by atoms with Gasteiger partial charge in [-0.1, -0.05) is 29.8 Å². The standard InChI is InChI=1S/C22H21ClN6O4S/c1-14-7-8-19(24-11-14)28-21(30)18(9-10-34(2,31)32)33-22-15-12-27-29(20(15)25-13-26-22)17-6-4-3-5-16(17)23/h3-8,11-13,18H,9-10H2,1-2H3,(H,24,28,30). The van der Waals surface area contributed by atoms with Gasteiger partial charge in [0.1, 0.15) is 27.4 Å². The number of halogens is 1. The smallest absolute Gasteiger partial charge is 0.266 e. The van der Waals surface area contributed by atoms with Crippen molar-refractivity contribution in [2.45, 2.75) is 19.4 Å². The fraction of sp³-hybridized carbons (Fsp3) is 0.227. The summed E-state index contributed by atoms with van der Waals surface area (Å²) >= 11 is 6.30. The van der Waals surface area contributed by atoms with Crippen molar-refractivity contribution in [3.8, 4) is 11.6 Å². The van der Waals surface area contributed by atoms with E-state index in [4.69, 9.17) is 16.3 Å². The SMILES string of the molecule is Cc1ccc(NC(=O)C(CCS(C)(=O)=O)Oc2ncnc3c2cnn3-c2ccccc2Cl)nc1. The number of pyridine rings is 1. The van der Waals surface area contributed by atoms with E-state index in [9.17, 15) is 13.2 Å². The van der Waals surface area contributed by atoms with Gasteiger partial charge in [-0.15, -0.1) is 0 Å². The fourth-order valence-electron chi connectivity index (χ4n) is 3.16. The lowest BCUT2D eigenvalue weighted by Gasteiger charge is -2.18. The second kappa shape index (κ2) is 9.74. The largest absolute Gasteiger partial charge is 0.464 e. The number of aromatic nitrogens is 5. The van der Waals surface area contributed by atoms with E-state index in [0.29, 0.717) is 27.6 Å². The Hall–Kier alpha value is -3.57. The van der Waals surface area contributed by atoms with Crippen molar-refractivity contribution in [2.75, 3.05) is 17.3 Å². The number of rotatable bonds is 8. The number of benzene rings is 1. The number of amides is 1. The molecular formula is C22H21ClN6O4S. The number of ether oxygens (including phenoxy) is 1. The second-order valence-corrected chi connectivity index (χ2v) is 10.3. The zero-order valence-electron chi connectivity index (χ0n) is 18.3. The summed E-state index contributed by atoms with van der Waals surface area (Å²) < 4.78 is 31.0.